The number of fused-ring (bicyclic) bond motifs is 1. The largest absolute Gasteiger partial charge is 0.388 e. The fourth-order valence-corrected chi connectivity index (χ4v) is 2.49. The molecule has 0 aromatic heterocycles. The molecule has 0 fully saturated rings. The molecule has 2 aromatic rings. The maximum absolute atomic E-state index is 12.5. The zero-order valence-corrected chi connectivity index (χ0v) is 10.5. The number of rotatable bonds is 1. The Balaban J connectivity index is 1.99. The minimum absolute atomic E-state index is 0.0139. The number of nitrogens with zero attached hydrogens (tertiary/aromatic N) is 1. The van der Waals surface area contributed by atoms with Crippen LogP contribution in [0.15, 0.2) is 54.6 Å². The number of carbonyl (C=O) groups is 1. The van der Waals surface area contributed by atoms with Crippen molar-refractivity contribution in [3.8, 4) is 0 Å². The smallest absolute Gasteiger partial charge is 0.258 e. The molecule has 1 aliphatic heterocycles. The normalized spacial score (nSPS) is 17.9. The van der Waals surface area contributed by atoms with E-state index in [-0.39, 0.29) is 5.91 Å². The van der Waals surface area contributed by atoms with Crippen LogP contribution in [0, 0.1) is 0 Å². The Labute approximate surface area is 112 Å². The minimum atomic E-state index is -0.476. The summed E-state index contributed by atoms with van der Waals surface area (Å²) in [4.78, 5) is 14.3. The Hall–Kier alpha value is -2.13. The Bertz CT molecular complexity index is 595. The van der Waals surface area contributed by atoms with Crippen molar-refractivity contribution in [3.63, 3.8) is 0 Å². The van der Waals surface area contributed by atoms with Gasteiger partial charge in [0, 0.05) is 23.4 Å². The first-order valence-corrected chi connectivity index (χ1v) is 6.41. The van der Waals surface area contributed by atoms with E-state index < -0.39 is 6.10 Å². The fourth-order valence-electron chi connectivity index (χ4n) is 2.49. The standard InChI is InChI=1S/C16H15NO2/c18-15-10-11-17(14-9-5-4-8-13(14)15)16(19)12-6-2-1-3-7-12/h1-9,15,18H,10-11H2. The quantitative estimate of drug-likeness (QED) is 0.849. The van der Waals surface area contributed by atoms with Gasteiger partial charge in [0.2, 0.25) is 0 Å². The minimum Gasteiger partial charge on any atom is -0.388 e. The van der Waals surface area contributed by atoms with Crippen LogP contribution in [-0.2, 0) is 0 Å². The molecule has 1 heterocycles. The number of benzene rings is 2. The number of aliphatic hydroxyl groups is 1. The van der Waals surface area contributed by atoms with E-state index in [1.165, 1.54) is 0 Å². The molecular weight excluding hydrogens is 238 g/mol. The molecule has 0 aliphatic carbocycles. The zero-order valence-electron chi connectivity index (χ0n) is 10.5. The number of amides is 1. The van der Waals surface area contributed by atoms with Crippen molar-refractivity contribution in [2.45, 2.75) is 12.5 Å². The molecule has 0 spiro atoms. The topological polar surface area (TPSA) is 40.5 Å². The highest BCUT2D eigenvalue weighted by Crippen LogP contribution is 2.34. The molecule has 96 valence electrons. The summed E-state index contributed by atoms with van der Waals surface area (Å²) >= 11 is 0. The first kappa shape index (κ1) is 11.9. The van der Waals surface area contributed by atoms with Crippen LogP contribution in [0.2, 0.25) is 0 Å². The molecule has 0 bridgehead atoms. The van der Waals surface area contributed by atoms with E-state index >= 15 is 0 Å². The van der Waals surface area contributed by atoms with E-state index in [9.17, 15) is 9.90 Å². The lowest BCUT2D eigenvalue weighted by atomic mass is 9.98. The molecule has 1 N–H and O–H groups in total. The van der Waals surface area contributed by atoms with Crippen LogP contribution < -0.4 is 4.90 Å². The van der Waals surface area contributed by atoms with Gasteiger partial charge in [-0.3, -0.25) is 4.79 Å². The van der Waals surface area contributed by atoms with Crippen LogP contribution in [0.1, 0.15) is 28.4 Å². The summed E-state index contributed by atoms with van der Waals surface area (Å²) in [6.07, 6.45) is 0.103. The molecule has 1 atom stereocenters. The number of aliphatic hydroxyl groups excluding tert-OH is 1. The second-order valence-corrected chi connectivity index (χ2v) is 4.69. The van der Waals surface area contributed by atoms with Crippen LogP contribution in [0.25, 0.3) is 0 Å². The van der Waals surface area contributed by atoms with Crippen LogP contribution in [-0.4, -0.2) is 17.6 Å². The number of carbonyl (C=O) groups excluding carboxylic acids is 1. The van der Waals surface area contributed by atoms with Gasteiger partial charge in [0.15, 0.2) is 0 Å². The maximum atomic E-state index is 12.5. The Morgan fingerprint density at radius 3 is 2.53 bits per heavy atom. The summed E-state index contributed by atoms with van der Waals surface area (Å²) in [5, 5.41) is 9.99. The molecular formula is C16H15NO2. The predicted octanol–water partition coefficient (Wildman–Crippen LogP) is 2.77. The van der Waals surface area contributed by atoms with Crippen molar-refractivity contribution in [2.24, 2.45) is 0 Å². The van der Waals surface area contributed by atoms with E-state index in [1.54, 1.807) is 4.90 Å². The van der Waals surface area contributed by atoms with E-state index in [1.807, 2.05) is 54.6 Å². The summed E-state index contributed by atoms with van der Waals surface area (Å²) in [5.41, 5.74) is 2.32. The number of para-hydroxylation sites is 1. The molecule has 3 rings (SSSR count). The van der Waals surface area contributed by atoms with Crippen LogP contribution in [0.5, 0.6) is 0 Å². The molecule has 0 saturated heterocycles. The lowest BCUT2D eigenvalue weighted by molar-refractivity contribution is 0.0970. The average Bonchev–Trinajstić information content (AvgIpc) is 2.48. The maximum Gasteiger partial charge on any atom is 0.258 e. The second kappa shape index (κ2) is 4.86. The van der Waals surface area contributed by atoms with Gasteiger partial charge in [-0.25, -0.2) is 0 Å². The molecule has 0 radical (unpaired) electrons. The zero-order chi connectivity index (χ0) is 13.2. The first-order chi connectivity index (χ1) is 9.27. The van der Waals surface area contributed by atoms with Crippen LogP contribution >= 0.6 is 0 Å². The lowest BCUT2D eigenvalue weighted by Gasteiger charge is -2.32. The predicted molar refractivity (Wildman–Crippen MR) is 74.1 cm³/mol. The van der Waals surface area contributed by atoms with E-state index in [0.717, 1.165) is 11.3 Å². The van der Waals surface area contributed by atoms with Gasteiger partial charge >= 0.3 is 0 Å². The van der Waals surface area contributed by atoms with E-state index in [4.69, 9.17) is 0 Å². The van der Waals surface area contributed by atoms with Gasteiger partial charge in [0.1, 0.15) is 0 Å². The monoisotopic (exact) mass is 253 g/mol. The van der Waals surface area contributed by atoms with Crippen molar-refractivity contribution in [2.75, 3.05) is 11.4 Å². The van der Waals surface area contributed by atoms with Gasteiger partial charge in [0.25, 0.3) is 5.91 Å². The van der Waals surface area contributed by atoms with Crippen molar-refractivity contribution in [3.05, 3.63) is 65.7 Å². The van der Waals surface area contributed by atoms with Gasteiger partial charge in [-0.15, -0.1) is 0 Å². The van der Waals surface area contributed by atoms with Gasteiger partial charge < -0.3 is 10.0 Å². The molecule has 1 amide bonds. The Morgan fingerprint density at radius 1 is 1.05 bits per heavy atom. The summed E-state index contributed by atoms with van der Waals surface area (Å²) in [5.74, 6) is -0.0139. The van der Waals surface area contributed by atoms with E-state index in [0.29, 0.717) is 18.5 Å². The SMILES string of the molecule is O=C(c1ccccc1)N1CCC(O)c2ccccc21. The van der Waals surface area contributed by atoms with Gasteiger partial charge in [-0.05, 0) is 24.6 Å². The molecule has 2 aromatic carbocycles. The Kier molecular flexibility index (Phi) is 3.05. The summed E-state index contributed by atoms with van der Waals surface area (Å²) in [7, 11) is 0. The molecule has 1 aliphatic rings. The highest BCUT2D eigenvalue weighted by molar-refractivity contribution is 6.06. The second-order valence-electron chi connectivity index (χ2n) is 4.69. The third-order valence-electron chi connectivity index (χ3n) is 3.48. The summed E-state index contributed by atoms with van der Waals surface area (Å²) < 4.78 is 0. The van der Waals surface area contributed by atoms with Crippen molar-refractivity contribution in [1.29, 1.82) is 0 Å². The molecule has 0 saturated carbocycles. The average molecular weight is 253 g/mol. The van der Waals surface area contributed by atoms with Gasteiger partial charge in [-0.1, -0.05) is 36.4 Å². The molecule has 3 heteroatoms. The third-order valence-corrected chi connectivity index (χ3v) is 3.48. The Morgan fingerprint density at radius 2 is 1.74 bits per heavy atom. The van der Waals surface area contributed by atoms with Gasteiger partial charge in [-0.2, -0.15) is 0 Å². The third kappa shape index (κ3) is 2.13. The number of hydrogen-bond acceptors (Lipinski definition) is 2. The highest BCUT2D eigenvalue weighted by atomic mass is 16.3. The number of anilines is 1. The van der Waals surface area contributed by atoms with Gasteiger partial charge in [0.05, 0.1) is 6.10 Å². The number of hydrogen-bond donors (Lipinski definition) is 1. The van der Waals surface area contributed by atoms with Crippen LogP contribution in [0.4, 0.5) is 5.69 Å². The summed E-state index contributed by atoms with van der Waals surface area (Å²) in [6.45, 7) is 0.548. The summed E-state index contributed by atoms with van der Waals surface area (Å²) in [6, 6.07) is 16.8. The van der Waals surface area contributed by atoms with Crippen molar-refractivity contribution < 1.29 is 9.90 Å². The van der Waals surface area contributed by atoms with E-state index in [2.05, 4.69) is 0 Å². The lowest BCUT2D eigenvalue weighted by Crippen LogP contribution is -2.36. The molecule has 1 unspecified atom stereocenters. The fraction of sp³-hybridized carbons (Fsp3) is 0.188. The van der Waals surface area contributed by atoms with Crippen molar-refractivity contribution >= 4 is 11.6 Å². The molecule has 3 nitrogen and oxygen atoms in total. The first-order valence-electron chi connectivity index (χ1n) is 6.41. The van der Waals surface area contributed by atoms with Crippen LogP contribution in [0.3, 0.4) is 0 Å². The van der Waals surface area contributed by atoms with Crippen molar-refractivity contribution in [1.82, 2.24) is 0 Å². The highest BCUT2D eigenvalue weighted by Gasteiger charge is 2.27. The molecule has 19 heavy (non-hydrogen) atoms.